The predicted molar refractivity (Wildman–Crippen MR) is 52.0 cm³/mol. The van der Waals surface area contributed by atoms with Crippen molar-refractivity contribution >= 4 is 21.6 Å². The van der Waals surface area contributed by atoms with E-state index in [1.807, 2.05) is 18.2 Å². The Balaban J connectivity index is 2.51. The molecule has 0 fully saturated rings. The van der Waals surface area contributed by atoms with Gasteiger partial charge in [-0.2, -0.15) is 0 Å². The van der Waals surface area contributed by atoms with Gasteiger partial charge >= 0.3 is 5.69 Å². The van der Waals surface area contributed by atoms with Crippen LogP contribution in [0.4, 0.5) is 5.69 Å². The number of halogens is 1. The Kier molecular flexibility index (Phi) is 2.31. The van der Waals surface area contributed by atoms with Crippen molar-refractivity contribution in [3.05, 3.63) is 34.7 Å². The van der Waals surface area contributed by atoms with Crippen LogP contribution in [-0.4, -0.2) is 11.5 Å². The Morgan fingerprint density at radius 2 is 2.23 bits per heavy atom. The third-order valence-electron chi connectivity index (χ3n) is 2.05. The van der Waals surface area contributed by atoms with Crippen molar-refractivity contribution in [3.63, 3.8) is 0 Å². The van der Waals surface area contributed by atoms with Gasteiger partial charge in [-0.1, -0.05) is 34.1 Å². The van der Waals surface area contributed by atoms with Crippen molar-refractivity contribution < 1.29 is 9.76 Å². The number of rotatable bonds is 0. The van der Waals surface area contributed by atoms with Gasteiger partial charge in [0.1, 0.15) is 0 Å². The van der Waals surface area contributed by atoms with Crippen LogP contribution in [0.3, 0.4) is 0 Å². The molecule has 0 bridgehead atoms. The molecule has 0 spiro atoms. The minimum atomic E-state index is 0.211. The Labute approximate surface area is 84.4 Å². The van der Waals surface area contributed by atoms with Gasteiger partial charge in [0.25, 0.3) is 4.92 Å². The van der Waals surface area contributed by atoms with Crippen LogP contribution in [0.1, 0.15) is 16.8 Å². The topological polar surface area (TPSA) is 29.3 Å². The van der Waals surface area contributed by atoms with Gasteiger partial charge < -0.3 is 0 Å². The second-order valence-electron chi connectivity index (χ2n) is 2.91. The average Bonchev–Trinajstić information content (AvgIpc) is 2.29. The lowest BCUT2D eigenvalue weighted by molar-refractivity contribution is -0.744. The first kappa shape index (κ1) is 8.69. The van der Waals surface area contributed by atoms with Gasteiger partial charge in [-0.3, -0.25) is 0 Å². The van der Waals surface area contributed by atoms with E-state index >= 15 is 0 Å². The lowest BCUT2D eigenvalue weighted by Crippen LogP contribution is -2.01. The van der Waals surface area contributed by atoms with E-state index < -0.39 is 0 Å². The van der Waals surface area contributed by atoms with Gasteiger partial charge in [0.05, 0.1) is 4.91 Å². The second-order valence-corrected chi connectivity index (χ2v) is 4.01. The Morgan fingerprint density at radius 3 is 3.08 bits per heavy atom. The van der Waals surface area contributed by atoms with Crippen molar-refractivity contribution in [2.45, 2.75) is 11.2 Å². The van der Waals surface area contributed by atoms with E-state index in [0.717, 1.165) is 12.0 Å². The van der Waals surface area contributed by atoms with Gasteiger partial charge in [0, 0.05) is 22.9 Å². The van der Waals surface area contributed by atoms with Gasteiger partial charge in [0.15, 0.2) is 6.61 Å². The van der Waals surface area contributed by atoms with E-state index in [1.165, 1.54) is 0 Å². The molecule has 1 heterocycles. The Hall–Kier alpha value is -0.900. The molecule has 68 valence electrons. The van der Waals surface area contributed by atoms with Crippen LogP contribution >= 0.6 is 15.9 Å². The molecule has 0 radical (unpaired) electrons. The van der Waals surface area contributed by atoms with Gasteiger partial charge in [-0.25, -0.2) is 4.84 Å². The lowest BCUT2D eigenvalue weighted by Gasteiger charge is -2.01. The summed E-state index contributed by atoms with van der Waals surface area (Å²) in [6.45, 7) is 0.452. The summed E-state index contributed by atoms with van der Waals surface area (Å²) in [5.74, 6) is 0. The third-order valence-corrected chi connectivity index (χ3v) is 3.00. The number of alkyl halides is 1. The summed E-state index contributed by atoms with van der Waals surface area (Å²) in [5, 5.41) is 0. The fourth-order valence-electron chi connectivity index (χ4n) is 1.38. The summed E-state index contributed by atoms with van der Waals surface area (Å²) in [4.78, 5) is 17.1. The molecular weight excluding hydrogens is 234 g/mol. The van der Waals surface area contributed by atoms with E-state index in [0.29, 0.717) is 17.2 Å². The van der Waals surface area contributed by atoms with Crippen LogP contribution in [0.2, 0.25) is 0 Å². The van der Waals surface area contributed by atoms with Crippen molar-refractivity contribution in [1.29, 1.82) is 0 Å². The predicted octanol–water partition coefficient (Wildman–Crippen LogP) is 2.87. The van der Waals surface area contributed by atoms with Crippen LogP contribution < -0.4 is 0 Å². The quantitative estimate of drug-likeness (QED) is 0.655. The molecule has 2 rings (SSSR count). The number of para-hydroxylation sites is 1. The first-order valence-electron chi connectivity index (χ1n) is 4.12. The number of hydrogen-bond acceptors (Lipinski definition) is 2. The zero-order chi connectivity index (χ0) is 9.26. The molecule has 0 amide bonds. The number of nitrogens with zero attached hydrogens (tertiary/aromatic N) is 1. The summed E-state index contributed by atoms with van der Waals surface area (Å²) in [5.41, 5.74) is 1.59. The third kappa shape index (κ3) is 1.58. The highest BCUT2D eigenvalue weighted by atomic mass is 79.9. The highest BCUT2D eigenvalue weighted by molar-refractivity contribution is 9.09. The van der Waals surface area contributed by atoms with Crippen molar-refractivity contribution in [1.82, 2.24) is 0 Å². The molecule has 1 atom stereocenters. The maximum absolute atomic E-state index is 11.3. The van der Waals surface area contributed by atoms with Gasteiger partial charge in [-0.05, 0) is 0 Å². The lowest BCUT2D eigenvalue weighted by atomic mass is 10.1. The van der Waals surface area contributed by atoms with Gasteiger partial charge in [-0.15, -0.1) is 0 Å². The zero-order valence-corrected chi connectivity index (χ0v) is 8.53. The SMILES string of the molecule is O=[N+]1OCCC(Br)c2ccccc21. The maximum Gasteiger partial charge on any atom is 0.321 e. The molecule has 1 aromatic carbocycles. The van der Waals surface area contributed by atoms with Crippen LogP contribution in [0.5, 0.6) is 0 Å². The van der Waals surface area contributed by atoms with E-state index in [1.54, 1.807) is 6.07 Å². The summed E-state index contributed by atoms with van der Waals surface area (Å²) in [7, 11) is 0. The molecule has 0 saturated heterocycles. The molecule has 0 N–H and O–H groups in total. The van der Waals surface area contributed by atoms with E-state index in [-0.39, 0.29) is 4.83 Å². The number of hydrogen-bond donors (Lipinski definition) is 0. The first-order valence-corrected chi connectivity index (χ1v) is 5.04. The largest absolute Gasteiger partial charge is 0.321 e. The summed E-state index contributed by atoms with van der Waals surface area (Å²) >= 11 is 3.52. The fraction of sp³-hybridized carbons (Fsp3) is 0.333. The Bertz CT molecular complexity index is 340. The average molecular weight is 243 g/mol. The van der Waals surface area contributed by atoms with Crippen LogP contribution in [0, 0.1) is 4.91 Å². The summed E-state index contributed by atoms with van der Waals surface area (Å²) in [6.07, 6.45) is 0.815. The molecular formula is C9H9BrNO2+. The van der Waals surface area contributed by atoms with Crippen LogP contribution in [-0.2, 0) is 4.84 Å². The first-order chi connectivity index (χ1) is 6.29. The molecule has 13 heavy (non-hydrogen) atoms. The normalized spacial score (nSPS) is 21.6. The van der Waals surface area contributed by atoms with E-state index in [9.17, 15) is 4.91 Å². The number of fused-ring (bicyclic) bond motifs is 1. The fourth-order valence-corrected chi connectivity index (χ4v) is 1.96. The summed E-state index contributed by atoms with van der Waals surface area (Å²) in [6, 6.07) is 7.46. The molecule has 1 aromatic rings. The molecule has 3 nitrogen and oxygen atoms in total. The maximum atomic E-state index is 11.3. The number of benzene rings is 1. The molecule has 0 aliphatic carbocycles. The van der Waals surface area contributed by atoms with E-state index in [4.69, 9.17) is 4.84 Å². The van der Waals surface area contributed by atoms with Gasteiger partial charge in [0.2, 0.25) is 0 Å². The molecule has 0 aromatic heterocycles. The van der Waals surface area contributed by atoms with Crippen LogP contribution in [0.15, 0.2) is 24.3 Å². The highest BCUT2D eigenvalue weighted by Crippen LogP contribution is 2.35. The molecule has 1 unspecified atom stereocenters. The zero-order valence-electron chi connectivity index (χ0n) is 6.94. The van der Waals surface area contributed by atoms with Crippen molar-refractivity contribution in [3.8, 4) is 0 Å². The molecule has 1 aliphatic rings. The van der Waals surface area contributed by atoms with Crippen molar-refractivity contribution in [2.24, 2.45) is 0 Å². The molecule has 1 aliphatic heterocycles. The Morgan fingerprint density at radius 1 is 1.46 bits per heavy atom. The van der Waals surface area contributed by atoms with Crippen molar-refractivity contribution in [2.75, 3.05) is 6.61 Å². The standard InChI is InChI=1S/C9H9BrNO2/c10-8-5-6-13-11(12)9-4-2-1-3-7(8)9/h1-4,8H,5-6H2/q+1. The minimum absolute atomic E-state index is 0.211. The van der Waals surface area contributed by atoms with Crippen LogP contribution in [0.25, 0.3) is 0 Å². The summed E-state index contributed by atoms with van der Waals surface area (Å²) < 4.78 is 0. The second kappa shape index (κ2) is 3.46. The monoisotopic (exact) mass is 242 g/mol. The van der Waals surface area contributed by atoms with E-state index in [2.05, 4.69) is 15.9 Å². The minimum Gasteiger partial charge on any atom is -0.227 e. The highest BCUT2D eigenvalue weighted by Gasteiger charge is 2.29. The smallest absolute Gasteiger partial charge is 0.227 e. The molecule has 0 saturated carbocycles. The molecule has 4 heteroatoms.